The van der Waals surface area contributed by atoms with E-state index in [4.69, 9.17) is 9.31 Å². The molecule has 1 aliphatic heterocycles. The van der Waals surface area contributed by atoms with E-state index in [-0.39, 0.29) is 12.5 Å². The molecule has 1 aliphatic carbocycles. The van der Waals surface area contributed by atoms with Crippen LogP contribution in [0.15, 0.2) is 24.3 Å². The highest BCUT2D eigenvalue weighted by Crippen LogP contribution is 2.35. The van der Waals surface area contributed by atoms with Crippen LogP contribution >= 0.6 is 0 Å². The van der Waals surface area contributed by atoms with E-state index >= 15 is 0 Å². The maximum absolute atomic E-state index is 5.80. The van der Waals surface area contributed by atoms with Crippen molar-refractivity contribution in [3.05, 3.63) is 29.8 Å². The molecule has 1 aromatic rings. The summed E-state index contributed by atoms with van der Waals surface area (Å²) in [4.78, 5) is 0. The smallest absolute Gasteiger partial charge is 0.407 e. The zero-order valence-corrected chi connectivity index (χ0v) is 11.3. The van der Waals surface area contributed by atoms with E-state index in [1.54, 1.807) is 0 Å². The third kappa shape index (κ3) is 2.48. The van der Waals surface area contributed by atoms with Gasteiger partial charge in [0.1, 0.15) is 0 Å². The summed E-state index contributed by atoms with van der Waals surface area (Å²) >= 11 is 0. The third-order valence-corrected chi connectivity index (χ3v) is 4.04. The molecule has 1 saturated heterocycles. The topological polar surface area (TPSA) is 18.5 Å². The van der Waals surface area contributed by atoms with Crippen molar-refractivity contribution >= 4 is 12.6 Å². The fourth-order valence-electron chi connectivity index (χ4n) is 2.55. The normalized spacial score (nSPS) is 23.8. The second kappa shape index (κ2) is 4.71. The van der Waals surface area contributed by atoms with Crippen LogP contribution in [-0.2, 0) is 9.31 Å². The molecule has 0 radical (unpaired) electrons. The van der Waals surface area contributed by atoms with Gasteiger partial charge in [-0.15, -0.1) is 0 Å². The van der Waals surface area contributed by atoms with Crippen molar-refractivity contribution in [2.24, 2.45) is 5.41 Å². The summed E-state index contributed by atoms with van der Waals surface area (Å²) in [5, 5.41) is 0. The van der Waals surface area contributed by atoms with Crippen molar-refractivity contribution < 1.29 is 9.31 Å². The van der Waals surface area contributed by atoms with E-state index in [2.05, 4.69) is 38.1 Å². The summed E-state index contributed by atoms with van der Waals surface area (Å²) in [6.07, 6.45) is 4.09. The Bertz CT molecular complexity index is 399. The van der Waals surface area contributed by atoms with E-state index in [0.29, 0.717) is 0 Å². The summed E-state index contributed by atoms with van der Waals surface area (Å²) < 4.78 is 11.6. The molecule has 2 nitrogen and oxygen atoms in total. The molecule has 0 amide bonds. The van der Waals surface area contributed by atoms with Crippen LogP contribution < -0.4 is 5.46 Å². The molecule has 2 fully saturated rings. The fraction of sp³-hybridized carbons (Fsp3) is 0.600. The van der Waals surface area contributed by atoms with Gasteiger partial charge in [-0.2, -0.15) is 0 Å². The van der Waals surface area contributed by atoms with E-state index in [9.17, 15) is 0 Å². The van der Waals surface area contributed by atoms with Crippen molar-refractivity contribution in [3.8, 4) is 0 Å². The van der Waals surface area contributed by atoms with Gasteiger partial charge in [-0.3, -0.25) is 0 Å². The van der Waals surface area contributed by atoms with Crippen molar-refractivity contribution in [2.75, 3.05) is 13.2 Å². The molecule has 3 rings (SSSR count). The number of hydrogen-bond acceptors (Lipinski definition) is 2. The lowest BCUT2D eigenvalue weighted by Crippen LogP contribution is -2.47. The molecule has 1 aromatic carbocycles. The molecular formula is C15H21BO2. The molecule has 1 heterocycles. The van der Waals surface area contributed by atoms with Crippen LogP contribution in [0.4, 0.5) is 0 Å². The monoisotopic (exact) mass is 244 g/mol. The van der Waals surface area contributed by atoms with Gasteiger partial charge in [-0.1, -0.05) is 44.5 Å². The van der Waals surface area contributed by atoms with E-state index in [1.165, 1.54) is 24.8 Å². The van der Waals surface area contributed by atoms with Crippen LogP contribution in [0.5, 0.6) is 0 Å². The minimum Gasteiger partial charge on any atom is -0.407 e. The Kier molecular flexibility index (Phi) is 3.20. The number of hydrogen-bond donors (Lipinski definition) is 0. The Morgan fingerprint density at radius 2 is 1.67 bits per heavy atom. The molecule has 2 aliphatic rings. The molecule has 96 valence electrons. The van der Waals surface area contributed by atoms with Gasteiger partial charge in [0.25, 0.3) is 0 Å². The van der Waals surface area contributed by atoms with Gasteiger partial charge in [-0.05, 0) is 29.8 Å². The minimum absolute atomic E-state index is 0.141. The van der Waals surface area contributed by atoms with Gasteiger partial charge in [0.05, 0.1) is 0 Å². The van der Waals surface area contributed by atoms with Crippen molar-refractivity contribution in [1.29, 1.82) is 0 Å². The molecule has 0 atom stereocenters. The molecule has 0 spiro atoms. The lowest BCUT2D eigenvalue weighted by molar-refractivity contribution is 0.0343. The van der Waals surface area contributed by atoms with Gasteiger partial charge in [0, 0.05) is 18.6 Å². The highest BCUT2D eigenvalue weighted by atomic mass is 16.6. The summed E-state index contributed by atoms with van der Waals surface area (Å²) in [5.41, 5.74) is 2.76. The zero-order chi connectivity index (χ0) is 12.6. The first kappa shape index (κ1) is 12.2. The summed E-state index contributed by atoms with van der Waals surface area (Å²) in [6, 6.07) is 8.81. The van der Waals surface area contributed by atoms with Gasteiger partial charge in [0.15, 0.2) is 0 Å². The summed E-state index contributed by atoms with van der Waals surface area (Å²) in [5.74, 6) is 0.797. The lowest BCUT2D eigenvalue weighted by atomic mass is 9.74. The standard InChI is InChI=1S/C15H21BO2/c1-15(2)10-17-16(18-11-15)14-8-6-13(7-9-14)12-4-3-5-12/h6-9,12H,3-5,10-11H2,1-2H3. The van der Waals surface area contributed by atoms with Gasteiger partial charge in [0.2, 0.25) is 0 Å². The minimum atomic E-state index is -0.173. The Morgan fingerprint density at radius 3 is 2.17 bits per heavy atom. The maximum atomic E-state index is 5.80. The predicted molar refractivity (Wildman–Crippen MR) is 74.1 cm³/mol. The first-order chi connectivity index (χ1) is 8.64. The zero-order valence-electron chi connectivity index (χ0n) is 11.3. The Hall–Kier alpha value is -0.795. The summed E-state index contributed by atoms with van der Waals surface area (Å²) in [7, 11) is -0.173. The average molecular weight is 244 g/mol. The van der Waals surface area contributed by atoms with Gasteiger partial charge >= 0.3 is 7.12 Å². The van der Waals surface area contributed by atoms with Crippen LogP contribution in [0.3, 0.4) is 0 Å². The maximum Gasteiger partial charge on any atom is 0.493 e. The van der Waals surface area contributed by atoms with Crippen LogP contribution in [0.2, 0.25) is 0 Å². The molecule has 0 N–H and O–H groups in total. The van der Waals surface area contributed by atoms with Crippen molar-refractivity contribution in [3.63, 3.8) is 0 Å². The molecule has 0 aromatic heterocycles. The van der Waals surface area contributed by atoms with Crippen molar-refractivity contribution in [1.82, 2.24) is 0 Å². The second-order valence-electron chi connectivity index (χ2n) is 6.41. The van der Waals surface area contributed by atoms with Crippen LogP contribution in [0.25, 0.3) is 0 Å². The fourth-order valence-corrected chi connectivity index (χ4v) is 2.55. The lowest BCUT2D eigenvalue weighted by Gasteiger charge is -2.33. The van der Waals surface area contributed by atoms with Crippen LogP contribution in [-0.4, -0.2) is 20.3 Å². The molecule has 18 heavy (non-hydrogen) atoms. The second-order valence-corrected chi connectivity index (χ2v) is 6.41. The van der Waals surface area contributed by atoms with Crippen LogP contribution in [0.1, 0.15) is 44.6 Å². The largest absolute Gasteiger partial charge is 0.493 e. The van der Waals surface area contributed by atoms with Gasteiger partial charge in [-0.25, -0.2) is 0 Å². The first-order valence-electron chi connectivity index (χ1n) is 6.97. The van der Waals surface area contributed by atoms with Crippen molar-refractivity contribution in [2.45, 2.75) is 39.0 Å². The van der Waals surface area contributed by atoms with Gasteiger partial charge < -0.3 is 9.31 Å². The SMILES string of the molecule is CC1(C)COB(c2ccc(C3CCC3)cc2)OC1. The molecule has 1 saturated carbocycles. The molecule has 3 heteroatoms. The Labute approximate surface area is 110 Å². The predicted octanol–water partition coefficient (Wildman–Crippen LogP) is 2.72. The van der Waals surface area contributed by atoms with E-state index < -0.39 is 0 Å². The Morgan fingerprint density at radius 1 is 1.06 bits per heavy atom. The quantitative estimate of drug-likeness (QED) is 0.745. The highest BCUT2D eigenvalue weighted by Gasteiger charge is 2.33. The third-order valence-electron chi connectivity index (χ3n) is 4.04. The molecular weight excluding hydrogens is 223 g/mol. The average Bonchev–Trinajstić information content (AvgIpc) is 2.28. The van der Waals surface area contributed by atoms with E-state index in [1.807, 2.05) is 0 Å². The summed E-state index contributed by atoms with van der Waals surface area (Å²) in [6.45, 7) is 5.87. The van der Waals surface area contributed by atoms with E-state index in [0.717, 1.165) is 24.6 Å². The molecule has 0 bridgehead atoms. The Balaban J connectivity index is 1.66. The number of rotatable bonds is 2. The number of benzene rings is 1. The van der Waals surface area contributed by atoms with Crippen LogP contribution in [0, 0.1) is 5.41 Å². The molecule has 0 unspecified atom stereocenters. The first-order valence-corrected chi connectivity index (χ1v) is 6.97. The highest BCUT2D eigenvalue weighted by molar-refractivity contribution is 6.61.